The summed E-state index contributed by atoms with van der Waals surface area (Å²) in [5.41, 5.74) is 4.96. The molecule has 0 radical (unpaired) electrons. The summed E-state index contributed by atoms with van der Waals surface area (Å²) in [6.45, 7) is 6.68. The first kappa shape index (κ1) is 21.6. The minimum atomic E-state index is -0.0438. The van der Waals surface area contributed by atoms with Gasteiger partial charge in [-0.3, -0.25) is 9.78 Å². The van der Waals surface area contributed by atoms with Gasteiger partial charge in [-0.2, -0.15) is 0 Å². The average molecular weight is 446 g/mol. The summed E-state index contributed by atoms with van der Waals surface area (Å²) in [5, 5.41) is 0. The van der Waals surface area contributed by atoms with E-state index in [2.05, 4.69) is 27.9 Å². The van der Waals surface area contributed by atoms with Gasteiger partial charge in [-0.05, 0) is 44.2 Å². The van der Waals surface area contributed by atoms with E-state index in [-0.39, 0.29) is 11.8 Å². The highest BCUT2D eigenvalue weighted by molar-refractivity contribution is 5.96. The molecule has 1 amide bonds. The Morgan fingerprint density at radius 2 is 1.85 bits per heavy atom. The number of aryl methyl sites for hydroxylation is 1. The van der Waals surface area contributed by atoms with Crippen LogP contribution in [-0.4, -0.2) is 60.5 Å². The Balaban J connectivity index is 1.31. The molecule has 0 bridgehead atoms. The van der Waals surface area contributed by atoms with Crippen molar-refractivity contribution in [2.45, 2.75) is 26.2 Å². The number of rotatable bonds is 5. The van der Waals surface area contributed by atoms with E-state index in [1.54, 1.807) is 6.26 Å². The fraction of sp³-hybridized carbons (Fsp3) is 0.423. The number of likely N-dealkylation sites (N-methyl/N-ethyl adjacent to an activating group) is 1. The van der Waals surface area contributed by atoms with Crippen molar-refractivity contribution in [1.29, 1.82) is 0 Å². The number of piperidine rings is 1. The Bertz CT molecular complexity index is 1100. The maximum Gasteiger partial charge on any atom is 0.230 e. The Hall–Kier alpha value is -3.19. The molecule has 5 rings (SSSR count). The van der Waals surface area contributed by atoms with Crippen LogP contribution in [0.25, 0.3) is 11.3 Å². The molecule has 0 aliphatic carbocycles. The molecule has 33 heavy (non-hydrogen) atoms. The Kier molecular flexibility index (Phi) is 6.13. The average Bonchev–Trinajstić information content (AvgIpc) is 3.28. The van der Waals surface area contributed by atoms with E-state index in [1.165, 1.54) is 5.69 Å². The van der Waals surface area contributed by atoms with Crippen LogP contribution in [0.2, 0.25) is 0 Å². The predicted molar refractivity (Wildman–Crippen MR) is 129 cm³/mol. The molecule has 172 valence electrons. The van der Waals surface area contributed by atoms with Crippen LogP contribution in [-0.2, 0) is 11.2 Å². The summed E-state index contributed by atoms with van der Waals surface area (Å²) in [4.78, 5) is 29.3. The maximum atomic E-state index is 13.5. The summed E-state index contributed by atoms with van der Waals surface area (Å²) in [5.74, 6) is 0.799. The molecule has 0 spiro atoms. The number of hydrogen-bond acceptors (Lipinski definition) is 6. The quantitative estimate of drug-likeness (QED) is 0.596. The smallest absolute Gasteiger partial charge is 0.230 e. The number of carbonyl (C=O) groups excluding carboxylic acids is 1. The largest absolute Gasteiger partial charge is 0.449 e. The van der Waals surface area contributed by atoms with E-state index in [0.29, 0.717) is 12.3 Å². The lowest BCUT2D eigenvalue weighted by atomic mass is 9.91. The molecular formula is C26H31N5O2. The van der Waals surface area contributed by atoms with Crippen molar-refractivity contribution < 1.29 is 9.21 Å². The van der Waals surface area contributed by atoms with Crippen LogP contribution < -0.4 is 9.80 Å². The highest BCUT2D eigenvalue weighted by atomic mass is 16.3. The second-order valence-corrected chi connectivity index (χ2v) is 9.09. The Labute approximate surface area is 195 Å². The zero-order valence-electron chi connectivity index (χ0n) is 19.4. The molecule has 0 saturated carbocycles. The lowest BCUT2D eigenvalue weighted by Gasteiger charge is -2.36. The van der Waals surface area contributed by atoms with Crippen LogP contribution in [0.4, 0.5) is 11.4 Å². The van der Waals surface area contributed by atoms with E-state index in [0.717, 1.165) is 68.2 Å². The van der Waals surface area contributed by atoms with Crippen molar-refractivity contribution in [3.8, 4) is 11.3 Å². The number of anilines is 2. The van der Waals surface area contributed by atoms with Crippen LogP contribution in [0.1, 0.15) is 24.4 Å². The lowest BCUT2D eigenvalue weighted by Crippen LogP contribution is -2.45. The van der Waals surface area contributed by atoms with E-state index in [4.69, 9.17) is 9.40 Å². The summed E-state index contributed by atoms with van der Waals surface area (Å²) in [6, 6.07) is 12.2. The van der Waals surface area contributed by atoms with Gasteiger partial charge in [0.25, 0.3) is 0 Å². The van der Waals surface area contributed by atoms with Gasteiger partial charge in [0.1, 0.15) is 12.0 Å². The van der Waals surface area contributed by atoms with Gasteiger partial charge in [-0.1, -0.05) is 12.1 Å². The van der Waals surface area contributed by atoms with Crippen molar-refractivity contribution in [2.75, 3.05) is 49.6 Å². The topological polar surface area (TPSA) is 65.7 Å². The van der Waals surface area contributed by atoms with Crippen LogP contribution in [0, 0.1) is 12.8 Å². The third kappa shape index (κ3) is 4.64. The summed E-state index contributed by atoms with van der Waals surface area (Å²) in [7, 11) is 2.16. The van der Waals surface area contributed by atoms with Crippen LogP contribution in [0.15, 0.2) is 53.3 Å². The fourth-order valence-electron chi connectivity index (χ4n) is 4.86. The van der Waals surface area contributed by atoms with Crippen molar-refractivity contribution >= 4 is 17.3 Å². The molecular weight excluding hydrogens is 414 g/mol. The Morgan fingerprint density at radius 3 is 2.58 bits per heavy atom. The van der Waals surface area contributed by atoms with Crippen molar-refractivity contribution in [3.05, 3.63) is 60.4 Å². The number of oxazole rings is 1. The molecule has 7 nitrogen and oxygen atoms in total. The number of piperazine rings is 1. The monoisotopic (exact) mass is 445 g/mol. The summed E-state index contributed by atoms with van der Waals surface area (Å²) in [6.07, 6.45) is 6.11. The van der Waals surface area contributed by atoms with Crippen LogP contribution in [0.5, 0.6) is 0 Å². The maximum absolute atomic E-state index is 13.5. The lowest BCUT2D eigenvalue weighted by molar-refractivity contribution is -0.123. The van der Waals surface area contributed by atoms with E-state index < -0.39 is 0 Å². The molecule has 2 saturated heterocycles. The van der Waals surface area contributed by atoms with E-state index >= 15 is 0 Å². The zero-order valence-corrected chi connectivity index (χ0v) is 19.4. The van der Waals surface area contributed by atoms with Gasteiger partial charge >= 0.3 is 0 Å². The van der Waals surface area contributed by atoms with Gasteiger partial charge in [0, 0.05) is 69.4 Å². The van der Waals surface area contributed by atoms with Crippen LogP contribution in [0.3, 0.4) is 0 Å². The first-order valence-corrected chi connectivity index (χ1v) is 11.8. The Morgan fingerprint density at radius 1 is 1.06 bits per heavy atom. The van der Waals surface area contributed by atoms with Gasteiger partial charge in [-0.25, -0.2) is 4.98 Å². The second-order valence-electron chi connectivity index (χ2n) is 9.09. The standard InChI is InChI=1S/C26H31N5O2/c1-19-28-24(18-33-19)20-7-9-22(10-8-20)31-12-4-5-21(26(31)32)17-23-25(6-3-11-27-23)30-15-13-29(2)14-16-30/h3,6-11,18,21H,4-5,12-17H2,1-2H3/t21-/m0/s1. The van der Waals surface area contributed by atoms with Crippen molar-refractivity contribution in [2.24, 2.45) is 5.92 Å². The first-order chi connectivity index (χ1) is 16.1. The number of aromatic nitrogens is 2. The third-order valence-electron chi connectivity index (χ3n) is 6.79. The number of hydrogen-bond donors (Lipinski definition) is 0. The minimum Gasteiger partial charge on any atom is -0.449 e. The highest BCUT2D eigenvalue weighted by Crippen LogP contribution is 2.31. The second kappa shape index (κ2) is 9.35. The van der Waals surface area contributed by atoms with Crippen molar-refractivity contribution in [1.82, 2.24) is 14.9 Å². The molecule has 3 aromatic rings. The zero-order chi connectivity index (χ0) is 22.8. The van der Waals surface area contributed by atoms with Gasteiger partial charge in [0.2, 0.25) is 5.91 Å². The molecule has 1 aromatic carbocycles. The summed E-state index contributed by atoms with van der Waals surface area (Å²) < 4.78 is 5.32. The van der Waals surface area contributed by atoms with Crippen molar-refractivity contribution in [3.63, 3.8) is 0 Å². The fourth-order valence-corrected chi connectivity index (χ4v) is 4.86. The summed E-state index contributed by atoms with van der Waals surface area (Å²) >= 11 is 0. The predicted octanol–water partition coefficient (Wildman–Crippen LogP) is 3.78. The molecule has 2 aromatic heterocycles. The molecule has 1 atom stereocenters. The molecule has 4 heterocycles. The number of carbonyl (C=O) groups is 1. The van der Waals surface area contributed by atoms with Gasteiger partial charge < -0.3 is 19.1 Å². The number of nitrogens with zero attached hydrogens (tertiary/aromatic N) is 5. The molecule has 2 aliphatic heterocycles. The van der Waals surface area contributed by atoms with Crippen LogP contribution >= 0.6 is 0 Å². The van der Waals surface area contributed by atoms with Gasteiger partial charge in [0.05, 0.1) is 11.4 Å². The first-order valence-electron chi connectivity index (χ1n) is 11.8. The van der Waals surface area contributed by atoms with E-state index in [1.807, 2.05) is 48.4 Å². The normalized spacial score (nSPS) is 19.8. The molecule has 0 N–H and O–H groups in total. The van der Waals surface area contributed by atoms with Gasteiger partial charge in [0.15, 0.2) is 5.89 Å². The molecule has 0 unspecified atom stereocenters. The minimum absolute atomic E-state index is 0.0438. The number of amides is 1. The SMILES string of the molecule is Cc1nc(-c2ccc(N3CCC[C@@H](Cc4ncccc4N4CCN(C)CC4)C3=O)cc2)co1. The van der Waals surface area contributed by atoms with E-state index in [9.17, 15) is 4.79 Å². The number of pyridine rings is 1. The third-order valence-corrected chi connectivity index (χ3v) is 6.79. The number of benzene rings is 1. The van der Waals surface area contributed by atoms with Gasteiger partial charge in [-0.15, -0.1) is 0 Å². The highest BCUT2D eigenvalue weighted by Gasteiger charge is 2.31. The molecule has 7 heteroatoms. The molecule has 2 fully saturated rings. The molecule has 2 aliphatic rings.